The van der Waals surface area contributed by atoms with Crippen LogP contribution in [0.4, 0.5) is 0 Å². The first-order valence-electron chi connectivity index (χ1n) is 10.2. The Kier molecular flexibility index (Phi) is 10.6. The van der Waals surface area contributed by atoms with Gasteiger partial charge in [-0.2, -0.15) is 0 Å². The second kappa shape index (κ2) is 12.6. The lowest BCUT2D eigenvalue weighted by Gasteiger charge is -2.41. The zero-order valence-corrected chi connectivity index (χ0v) is 19.7. The number of allylic oxidation sites excluding steroid dienone is 1. The summed E-state index contributed by atoms with van der Waals surface area (Å²) in [6.07, 6.45) is -1.58. The van der Waals surface area contributed by atoms with Crippen molar-refractivity contribution >= 4 is 29.8 Å². The van der Waals surface area contributed by atoms with Crippen molar-refractivity contribution in [2.24, 2.45) is 5.92 Å². The molecule has 0 unspecified atom stereocenters. The van der Waals surface area contributed by atoms with Gasteiger partial charge in [0.05, 0.1) is 7.11 Å². The minimum atomic E-state index is -1.33. The van der Waals surface area contributed by atoms with Crippen LogP contribution in [0, 0.1) is 5.92 Å². The molecule has 0 saturated carbocycles. The highest BCUT2D eigenvalue weighted by Gasteiger charge is 2.49. The Bertz CT molecular complexity index is 826. The third kappa shape index (κ3) is 7.92. The molecular weight excluding hydrogens is 440 g/mol. The van der Waals surface area contributed by atoms with E-state index in [0.29, 0.717) is 0 Å². The van der Waals surface area contributed by atoms with E-state index in [1.54, 1.807) is 19.9 Å². The van der Waals surface area contributed by atoms with Gasteiger partial charge in [-0.3, -0.25) is 19.2 Å². The van der Waals surface area contributed by atoms with Gasteiger partial charge in [-0.05, 0) is 6.92 Å². The average molecular weight is 470 g/mol. The zero-order valence-electron chi connectivity index (χ0n) is 19.7. The second-order valence-corrected chi connectivity index (χ2v) is 7.27. The highest BCUT2D eigenvalue weighted by atomic mass is 16.6. The van der Waals surface area contributed by atoms with Crippen LogP contribution < -0.4 is 0 Å². The maximum atomic E-state index is 12.5. The Morgan fingerprint density at radius 1 is 0.970 bits per heavy atom. The van der Waals surface area contributed by atoms with Crippen molar-refractivity contribution in [3.63, 3.8) is 0 Å². The van der Waals surface area contributed by atoms with Gasteiger partial charge in [0.25, 0.3) is 0 Å². The first-order chi connectivity index (χ1) is 15.4. The summed E-state index contributed by atoms with van der Waals surface area (Å²) in [5, 5.41) is 0. The quantitative estimate of drug-likeness (QED) is 0.356. The summed E-state index contributed by atoms with van der Waals surface area (Å²) in [6.45, 7) is 7.50. The summed E-state index contributed by atoms with van der Waals surface area (Å²) in [7, 11) is 1.14. The van der Waals surface area contributed by atoms with E-state index in [1.165, 1.54) is 13.0 Å². The second-order valence-electron chi connectivity index (χ2n) is 7.27. The Balaban J connectivity index is 3.62. The molecule has 0 aliphatic carbocycles. The maximum Gasteiger partial charge on any atom is 0.373 e. The molecule has 0 amide bonds. The number of esters is 5. The zero-order chi connectivity index (χ0) is 25.3. The molecular formula is C22H30O11. The average Bonchev–Trinajstić information content (AvgIpc) is 2.71. The molecule has 0 bridgehead atoms. The SMILES string of the molecule is C/C=C/C1=C(C(=O)OC)O[C@@H]([C@H](OC(C)=O)[C@@H](COC(C)=O)OC(C)=O)[C@H](C)[C@H]1OC(C)=O. The van der Waals surface area contributed by atoms with Crippen molar-refractivity contribution in [3.05, 3.63) is 23.5 Å². The number of hydrogen-bond acceptors (Lipinski definition) is 11. The van der Waals surface area contributed by atoms with Crippen molar-refractivity contribution in [3.8, 4) is 0 Å². The van der Waals surface area contributed by atoms with E-state index in [4.69, 9.17) is 28.4 Å². The third-order valence-electron chi connectivity index (χ3n) is 4.59. The van der Waals surface area contributed by atoms with Gasteiger partial charge in [-0.25, -0.2) is 4.79 Å². The van der Waals surface area contributed by atoms with E-state index in [9.17, 15) is 24.0 Å². The van der Waals surface area contributed by atoms with E-state index in [-0.39, 0.29) is 11.3 Å². The normalized spacial score (nSPS) is 22.0. The lowest BCUT2D eigenvalue weighted by molar-refractivity contribution is -0.195. The van der Waals surface area contributed by atoms with Crippen LogP contribution >= 0.6 is 0 Å². The fourth-order valence-corrected chi connectivity index (χ4v) is 3.38. The van der Waals surface area contributed by atoms with Crippen molar-refractivity contribution in [1.82, 2.24) is 0 Å². The molecule has 1 aliphatic heterocycles. The highest BCUT2D eigenvalue weighted by molar-refractivity contribution is 5.88. The number of carbonyl (C=O) groups is 5. The van der Waals surface area contributed by atoms with Crippen molar-refractivity contribution < 1.29 is 52.4 Å². The van der Waals surface area contributed by atoms with E-state index in [1.807, 2.05) is 0 Å². The standard InChI is InChI=1S/C22H30O11/c1-8-9-16-18(31-14(5)25)11(2)19(33-20(16)22(27)28-7)21(32-15(6)26)17(30-13(4)24)10-29-12(3)23/h8-9,11,17-19,21H,10H2,1-7H3/b9-8+/t11-,17-,18-,19-,21-/m1/s1. The predicted octanol–water partition coefficient (Wildman–Crippen LogP) is 1.38. The molecule has 5 atom stereocenters. The number of hydrogen-bond donors (Lipinski definition) is 0. The molecule has 0 fully saturated rings. The topological polar surface area (TPSA) is 141 Å². The summed E-state index contributed by atoms with van der Waals surface area (Å²) in [6, 6.07) is 0. The Hall–Kier alpha value is -3.37. The molecule has 11 heteroatoms. The van der Waals surface area contributed by atoms with Gasteiger partial charge >= 0.3 is 29.8 Å². The number of carbonyl (C=O) groups excluding carboxylic acids is 5. The van der Waals surface area contributed by atoms with Gasteiger partial charge < -0.3 is 28.4 Å². The van der Waals surface area contributed by atoms with E-state index in [2.05, 4.69) is 0 Å². The minimum absolute atomic E-state index is 0.244. The smallest absolute Gasteiger partial charge is 0.373 e. The lowest BCUT2D eigenvalue weighted by Crippen LogP contribution is -2.54. The highest BCUT2D eigenvalue weighted by Crippen LogP contribution is 2.36. The van der Waals surface area contributed by atoms with Gasteiger partial charge in [0.1, 0.15) is 18.8 Å². The van der Waals surface area contributed by atoms with Gasteiger partial charge in [0, 0.05) is 39.2 Å². The summed E-state index contributed by atoms with van der Waals surface area (Å²) < 4.78 is 31.8. The van der Waals surface area contributed by atoms with Crippen molar-refractivity contribution in [2.45, 2.75) is 66.0 Å². The third-order valence-corrected chi connectivity index (χ3v) is 4.59. The maximum absolute atomic E-state index is 12.5. The molecule has 184 valence electrons. The predicted molar refractivity (Wildman–Crippen MR) is 111 cm³/mol. The van der Waals surface area contributed by atoms with Crippen LogP contribution in [0.3, 0.4) is 0 Å². The Morgan fingerprint density at radius 3 is 2.03 bits per heavy atom. The first-order valence-corrected chi connectivity index (χ1v) is 10.2. The van der Waals surface area contributed by atoms with E-state index in [0.717, 1.165) is 27.9 Å². The largest absolute Gasteiger partial charge is 0.478 e. The Labute approximate surface area is 192 Å². The molecule has 11 nitrogen and oxygen atoms in total. The van der Waals surface area contributed by atoms with E-state index >= 15 is 0 Å². The fraction of sp³-hybridized carbons (Fsp3) is 0.591. The molecule has 1 rings (SSSR count). The van der Waals surface area contributed by atoms with Gasteiger partial charge in [0.15, 0.2) is 12.2 Å². The first kappa shape index (κ1) is 27.7. The van der Waals surface area contributed by atoms with Crippen LogP contribution in [0.2, 0.25) is 0 Å². The molecule has 1 heterocycles. The molecule has 0 aromatic rings. The molecule has 1 aliphatic rings. The Morgan fingerprint density at radius 2 is 1.58 bits per heavy atom. The van der Waals surface area contributed by atoms with Gasteiger partial charge in [0.2, 0.25) is 5.76 Å². The summed E-state index contributed by atoms with van der Waals surface area (Å²) >= 11 is 0. The lowest BCUT2D eigenvalue weighted by atomic mass is 9.84. The van der Waals surface area contributed by atoms with Crippen LogP contribution in [0.5, 0.6) is 0 Å². The van der Waals surface area contributed by atoms with Crippen LogP contribution in [0.1, 0.15) is 41.5 Å². The molecule has 0 aromatic heterocycles. The van der Waals surface area contributed by atoms with Crippen LogP contribution in [-0.4, -0.2) is 68.0 Å². The molecule has 0 spiro atoms. The number of rotatable bonds is 9. The molecule has 0 saturated heterocycles. The van der Waals surface area contributed by atoms with Crippen molar-refractivity contribution in [1.29, 1.82) is 0 Å². The van der Waals surface area contributed by atoms with Crippen LogP contribution in [-0.2, 0) is 52.4 Å². The number of ether oxygens (including phenoxy) is 6. The van der Waals surface area contributed by atoms with Crippen LogP contribution in [0.15, 0.2) is 23.5 Å². The summed E-state index contributed by atoms with van der Waals surface area (Å²) in [4.78, 5) is 59.3. The minimum Gasteiger partial charge on any atom is -0.478 e. The molecule has 33 heavy (non-hydrogen) atoms. The summed E-state index contributed by atoms with van der Waals surface area (Å²) in [5.74, 6) is -4.59. The van der Waals surface area contributed by atoms with E-state index < -0.39 is 66.8 Å². The van der Waals surface area contributed by atoms with Crippen LogP contribution in [0.25, 0.3) is 0 Å². The van der Waals surface area contributed by atoms with Gasteiger partial charge in [-0.15, -0.1) is 0 Å². The molecule has 0 aromatic carbocycles. The molecule has 0 radical (unpaired) electrons. The van der Waals surface area contributed by atoms with Crippen molar-refractivity contribution in [2.75, 3.05) is 13.7 Å². The fourth-order valence-electron chi connectivity index (χ4n) is 3.38. The van der Waals surface area contributed by atoms with Gasteiger partial charge in [-0.1, -0.05) is 19.1 Å². The molecule has 0 N–H and O–H groups in total. The summed E-state index contributed by atoms with van der Waals surface area (Å²) in [5.41, 5.74) is 0.244. The monoisotopic (exact) mass is 470 g/mol. The number of methoxy groups -OCH3 is 1.